The van der Waals surface area contributed by atoms with Gasteiger partial charge in [-0.1, -0.05) is 25.1 Å². The highest BCUT2D eigenvalue weighted by atomic mass is 32.2. The van der Waals surface area contributed by atoms with Gasteiger partial charge in [0.15, 0.2) is 6.04 Å². The van der Waals surface area contributed by atoms with Gasteiger partial charge in [0.05, 0.1) is 5.56 Å². The molecule has 0 aromatic carbocycles. The lowest BCUT2D eigenvalue weighted by atomic mass is 10.2. The third kappa shape index (κ3) is 5.57. The van der Waals surface area contributed by atoms with Crippen LogP contribution in [0.1, 0.15) is 50.9 Å². The number of hydrogen-bond donors (Lipinski definition) is 0. The third-order valence-electron chi connectivity index (χ3n) is 3.39. The number of nitrogens with zero attached hydrogens (tertiary/aromatic N) is 5. The van der Waals surface area contributed by atoms with Crippen molar-refractivity contribution in [1.29, 1.82) is 5.26 Å². The molecule has 0 amide bonds. The van der Waals surface area contributed by atoms with Gasteiger partial charge in [-0.05, 0) is 49.4 Å². The SMILES string of the molecule is CCCCc1ccc(C#N)c(SC/C([O-])=N/c2c[n+](C(C)C)no2)n1. The number of nitriles is 1. The van der Waals surface area contributed by atoms with Gasteiger partial charge in [-0.15, -0.1) is 0 Å². The van der Waals surface area contributed by atoms with Crippen LogP contribution in [0, 0.1) is 11.3 Å². The number of thioether (sulfide) groups is 1. The van der Waals surface area contributed by atoms with Gasteiger partial charge in [-0.3, -0.25) is 4.52 Å². The molecule has 0 unspecified atom stereocenters. The minimum atomic E-state index is -0.360. The molecular formula is C17H21N5O2S. The molecule has 8 heteroatoms. The molecule has 0 N–H and O–H groups in total. The van der Waals surface area contributed by atoms with Gasteiger partial charge < -0.3 is 5.11 Å². The minimum Gasteiger partial charge on any atom is -0.861 e. The molecular weight excluding hydrogens is 338 g/mol. The molecule has 0 spiro atoms. The van der Waals surface area contributed by atoms with Crippen molar-refractivity contribution < 1.29 is 14.3 Å². The maximum absolute atomic E-state index is 12.0. The first-order chi connectivity index (χ1) is 12.0. The molecule has 0 fully saturated rings. The van der Waals surface area contributed by atoms with Crippen molar-refractivity contribution >= 4 is 23.5 Å². The Kier molecular flexibility index (Phi) is 6.95. The average molecular weight is 359 g/mol. The lowest BCUT2D eigenvalue weighted by molar-refractivity contribution is -0.779. The summed E-state index contributed by atoms with van der Waals surface area (Å²) in [5, 5.41) is 25.6. The van der Waals surface area contributed by atoms with Crippen molar-refractivity contribution in [3.8, 4) is 6.07 Å². The van der Waals surface area contributed by atoms with Crippen molar-refractivity contribution in [3.63, 3.8) is 0 Å². The molecule has 2 heterocycles. The van der Waals surface area contributed by atoms with Gasteiger partial charge in [0, 0.05) is 11.4 Å². The summed E-state index contributed by atoms with van der Waals surface area (Å²) in [5.41, 5.74) is 1.40. The zero-order valence-electron chi connectivity index (χ0n) is 14.6. The molecule has 132 valence electrons. The van der Waals surface area contributed by atoms with Gasteiger partial charge in [0.25, 0.3) is 6.20 Å². The molecule has 2 aromatic heterocycles. The Bertz CT molecular complexity index is 780. The van der Waals surface area contributed by atoms with Crippen molar-refractivity contribution in [2.45, 2.75) is 51.1 Å². The van der Waals surface area contributed by atoms with E-state index in [4.69, 9.17) is 4.52 Å². The molecule has 0 bridgehead atoms. The van der Waals surface area contributed by atoms with Crippen LogP contribution in [0.3, 0.4) is 0 Å². The van der Waals surface area contributed by atoms with Gasteiger partial charge in [0.2, 0.25) is 5.27 Å². The fourth-order valence-electron chi connectivity index (χ4n) is 2.00. The average Bonchev–Trinajstić information content (AvgIpc) is 3.07. The molecule has 0 radical (unpaired) electrons. The first-order valence-corrected chi connectivity index (χ1v) is 9.17. The number of aromatic nitrogens is 3. The van der Waals surface area contributed by atoms with E-state index in [0.29, 0.717) is 10.6 Å². The van der Waals surface area contributed by atoms with Crippen LogP contribution in [0.5, 0.6) is 0 Å². The first kappa shape index (κ1) is 18.9. The fourth-order valence-corrected chi connectivity index (χ4v) is 2.77. The standard InChI is InChI=1S/C17H21N5O2S/c1-4-5-6-14-8-7-13(9-18)17(19-14)25-11-15(23)20-16-10-22(12(2)3)21-24-16/h7-8,10,12H,4-6,11H2,1-3H3. The summed E-state index contributed by atoms with van der Waals surface area (Å²) in [4.78, 5) is 8.38. The number of pyridine rings is 1. The molecule has 0 aliphatic carbocycles. The maximum Gasteiger partial charge on any atom is 0.320 e. The van der Waals surface area contributed by atoms with Crippen molar-refractivity contribution in [2.24, 2.45) is 4.99 Å². The highest BCUT2D eigenvalue weighted by Crippen LogP contribution is 2.21. The number of aliphatic imine (C=N–C) groups is 1. The highest BCUT2D eigenvalue weighted by molar-refractivity contribution is 7.99. The van der Waals surface area contributed by atoms with E-state index in [9.17, 15) is 10.4 Å². The number of rotatable bonds is 8. The molecule has 0 aliphatic heterocycles. The van der Waals surface area contributed by atoms with E-state index in [0.717, 1.165) is 25.0 Å². The number of unbranched alkanes of at least 4 members (excludes halogenated alkanes) is 1. The Balaban J connectivity index is 2.05. The Morgan fingerprint density at radius 1 is 1.48 bits per heavy atom. The third-order valence-corrected chi connectivity index (χ3v) is 4.37. The second-order valence-corrected chi connectivity index (χ2v) is 6.74. The van der Waals surface area contributed by atoms with E-state index in [-0.39, 0.29) is 23.6 Å². The second-order valence-electron chi connectivity index (χ2n) is 5.78. The van der Waals surface area contributed by atoms with E-state index in [1.54, 1.807) is 16.9 Å². The summed E-state index contributed by atoms with van der Waals surface area (Å²) in [5.74, 6) is -0.104. The molecule has 0 saturated heterocycles. The largest absolute Gasteiger partial charge is 0.861 e. The van der Waals surface area contributed by atoms with Crippen molar-refractivity contribution in [2.75, 3.05) is 5.75 Å². The first-order valence-electron chi connectivity index (χ1n) is 8.19. The van der Waals surface area contributed by atoms with Crippen molar-refractivity contribution in [3.05, 3.63) is 29.6 Å². The number of hydrogen-bond acceptors (Lipinski definition) is 7. The van der Waals surface area contributed by atoms with E-state index >= 15 is 0 Å². The highest BCUT2D eigenvalue weighted by Gasteiger charge is 2.14. The van der Waals surface area contributed by atoms with E-state index in [1.165, 1.54) is 11.8 Å². The Morgan fingerprint density at radius 3 is 2.92 bits per heavy atom. The van der Waals surface area contributed by atoms with Crippen LogP contribution in [-0.4, -0.2) is 21.9 Å². The predicted octanol–water partition coefficient (Wildman–Crippen LogP) is 2.33. The van der Waals surface area contributed by atoms with E-state index in [2.05, 4.69) is 28.2 Å². The van der Waals surface area contributed by atoms with Crippen LogP contribution in [0.4, 0.5) is 5.88 Å². The molecule has 0 aliphatic rings. The quantitative estimate of drug-likeness (QED) is 0.310. The second kappa shape index (κ2) is 9.18. The van der Waals surface area contributed by atoms with Crippen LogP contribution in [0.2, 0.25) is 0 Å². The molecule has 7 nitrogen and oxygen atoms in total. The summed E-state index contributed by atoms with van der Waals surface area (Å²) in [6, 6.07) is 5.86. The molecule has 25 heavy (non-hydrogen) atoms. The van der Waals surface area contributed by atoms with Gasteiger partial charge >= 0.3 is 5.88 Å². The van der Waals surface area contributed by atoms with Crippen molar-refractivity contribution in [1.82, 2.24) is 10.3 Å². The van der Waals surface area contributed by atoms with Gasteiger partial charge in [-0.25, -0.2) is 9.98 Å². The normalized spacial score (nSPS) is 11.7. The topological polar surface area (TPSA) is 102 Å². The fraction of sp³-hybridized carbons (Fsp3) is 0.471. The Morgan fingerprint density at radius 2 is 2.28 bits per heavy atom. The lowest BCUT2D eigenvalue weighted by Crippen LogP contribution is -2.36. The zero-order chi connectivity index (χ0) is 18.2. The van der Waals surface area contributed by atoms with Gasteiger partial charge in [-0.2, -0.15) is 5.26 Å². The summed E-state index contributed by atoms with van der Waals surface area (Å²) in [6.07, 6.45) is 4.56. The van der Waals surface area contributed by atoms with E-state index in [1.807, 2.05) is 19.9 Å². The predicted molar refractivity (Wildman–Crippen MR) is 92.5 cm³/mol. The minimum absolute atomic E-state index is 0.0846. The van der Waals surface area contributed by atoms with Crippen LogP contribution in [0.25, 0.3) is 0 Å². The molecule has 0 saturated carbocycles. The van der Waals surface area contributed by atoms with Crippen LogP contribution in [-0.2, 0) is 6.42 Å². The summed E-state index contributed by atoms with van der Waals surface area (Å²) >= 11 is 1.21. The summed E-state index contributed by atoms with van der Waals surface area (Å²) in [7, 11) is 0. The monoisotopic (exact) mass is 359 g/mol. The number of aryl methyl sites for hydroxylation is 1. The zero-order valence-corrected chi connectivity index (χ0v) is 15.4. The molecule has 2 rings (SSSR count). The lowest BCUT2D eigenvalue weighted by Gasteiger charge is -2.10. The smallest absolute Gasteiger partial charge is 0.320 e. The summed E-state index contributed by atoms with van der Waals surface area (Å²) in [6.45, 7) is 6.02. The molecule has 0 atom stereocenters. The Labute approximate surface area is 151 Å². The van der Waals surface area contributed by atoms with E-state index < -0.39 is 0 Å². The maximum atomic E-state index is 12.0. The van der Waals surface area contributed by atoms with Crippen LogP contribution >= 0.6 is 11.8 Å². The Hall–Kier alpha value is -2.40. The van der Waals surface area contributed by atoms with Crippen LogP contribution in [0.15, 0.2) is 32.9 Å². The summed E-state index contributed by atoms with van der Waals surface area (Å²) < 4.78 is 6.59. The van der Waals surface area contributed by atoms with Crippen LogP contribution < -0.4 is 9.79 Å². The van der Waals surface area contributed by atoms with Gasteiger partial charge in [0.1, 0.15) is 11.1 Å². The molecule has 2 aromatic rings.